The molecule has 2 N–H and O–H groups in total. The molecule has 0 radical (unpaired) electrons. The van der Waals surface area contributed by atoms with Gasteiger partial charge in [0.05, 0.1) is 5.71 Å². The van der Waals surface area contributed by atoms with Gasteiger partial charge in [-0.25, -0.2) is 0 Å². The zero-order chi connectivity index (χ0) is 11.5. The Bertz CT molecular complexity index is 526. The van der Waals surface area contributed by atoms with Crippen LogP contribution in [0.5, 0.6) is 0 Å². The lowest BCUT2D eigenvalue weighted by Gasteiger charge is -2.00. The van der Waals surface area contributed by atoms with Crippen LogP contribution in [0.1, 0.15) is 24.6 Å². The van der Waals surface area contributed by atoms with Gasteiger partial charge < -0.3 is 10.2 Å². The van der Waals surface area contributed by atoms with Crippen LogP contribution < -0.4 is 0 Å². The summed E-state index contributed by atoms with van der Waals surface area (Å²) >= 11 is 0. The minimum atomic E-state index is 0.768. The first-order valence-corrected chi connectivity index (χ1v) is 5.46. The number of nitrogens with zero attached hydrogens (tertiary/aromatic N) is 1. The number of para-hydroxylation sites is 1. The number of rotatable bonds is 3. The lowest BCUT2D eigenvalue weighted by Crippen LogP contribution is -1.95. The molecule has 0 atom stereocenters. The maximum atomic E-state index is 8.63. The van der Waals surface area contributed by atoms with E-state index in [1.54, 1.807) is 0 Å². The molecule has 2 rings (SSSR count). The van der Waals surface area contributed by atoms with Gasteiger partial charge in [-0.2, -0.15) is 0 Å². The van der Waals surface area contributed by atoms with E-state index in [4.69, 9.17) is 5.21 Å². The summed E-state index contributed by atoms with van der Waals surface area (Å²) in [6, 6.07) is 8.28. The van der Waals surface area contributed by atoms with Crippen molar-refractivity contribution in [2.45, 2.75) is 26.7 Å². The highest BCUT2D eigenvalue weighted by molar-refractivity contribution is 5.86. The molecule has 16 heavy (non-hydrogen) atoms. The molecule has 3 nitrogen and oxygen atoms in total. The highest BCUT2D eigenvalue weighted by Gasteiger charge is 2.07. The second-order valence-corrected chi connectivity index (χ2v) is 4.11. The van der Waals surface area contributed by atoms with Crippen molar-refractivity contribution in [3.05, 3.63) is 35.5 Å². The number of H-pyrrole nitrogens is 1. The van der Waals surface area contributed by atoms with Crippen molar-refractivity contribution in [3.8, 4) is 0 Å². The summed E-state index contributed by atoms with van der Waals surface area (Å²) in [7, 11) is 0. The molecule has 1 aromatic heterocycles. The molecule has 0 amide bonds. The summed E-state index contributed by atoms with van der Waals surface area (Å²) < 4.78 is 0. The normalized spacial score (nSPS) is 12.2. The molecule has 1 heterocycles. The molecule has 0 fully saturated rings. The molecule has 84 valence electrons. The molecular formula is C13H16N2O. The van der Waals surface area contributed by atoms with Crippen LogP contribution >= 0.6 is 0 Å². The molecule has 2 aromatic rings. The van der Waals surface area contributed by atoms with Crippen LogP contribution in [0.2, 0.25) is 0 Å². The Kier molecular flexibility index (Phi) is 2.95. The van der Waals surface area contributed by atoms with Gasteiger partial charge in [0, 0.05) is 16.6 Å². The van der Waals surface area contributed by atoms with Crippen LogP contribution in [-0.4, -0.2) is 15.9 Å². The third-order valence-electron chi connectivity index (χ3n) is 2.93. The number of nitrogens with one attached hydrogen (secondary N) is 1. The predicted molar refractivity (Wildman–Crippen MR) is 66.3 cm³/mol. The summed E-state index contributed by atoms with van der Waals surface area (Å²) in [5.74, 6) is 0. The maximum Gasteiger partial charge on any atom is 0.0543 e. The lowest BCUT2D eigenvalue weighted by molar-refractivity contribution is 0.317. The Hall–Kier alpha value is -1.77. The van der Waals surface area contributed by atoms with Gasteiger partial charge >= 0.3 is 0 Å². The third-order valence-corrected chi connectivity index (χ3v) is 2.93. The number of benzene rings is 1. The average molecular weight is 216 g/mol. The Labute approximate surface area is 94.8 Å². The smallest absolute Gasteiger partial charge is 0.0543 e. The SMILES string of the molecule is C/C(CCc1c(C)[nH]c2ccccc12)=N\O. The molecule has 1 aromatic carbocycles. The van der Waals surface area contributed by atoms with Gasteiger partial charge in [0.15, 0.2) is 0 Å². The zero-order valence-corrected chi connectivity index (χ0v) is 9.62. The van der Waals surface area contributed by atoms with Gasteiger partial charge in [-0.3, -0.25) is 0 Å². The van der Waals surface area contributed by atoms with Gasteiger partial charge in [0.2, 0.25) is 0 Å². The number of hydrogen-bond donors (Lipinski definition) is 2. The molecular weight excluding hydrogens is 200 g/mol. The highest BCUT2D eigenvalue weighted by atomic mass is 16.4. The molecule has 0 unspecified atom stereocenters. The molecule has 0 saturated carbocycles. The van der Waals surface area contributed by atoms with E-state index in [1.807, 2.05) is 19.1 Å². The highest BCUT2D eigenvalue weighted by Crippen LogP contribution is 2.23. The predicted octanol–water partition coefficient (Wildman–Crippen LogP) is 3.26. The van der Waals surface area contributed by atoms with Crippen molar-refractivity contribution in [1.29, 1.82) is 0 Å². The van der Waals surface area contributed by atoms with Crippen LogP contribution in [-0.2, 0) is 6.42 Å². The van der Waals surface area contributed by atoms with Crippen LogP contribution in [0, 0.1) is 6.92 Å². The first kappa shape index (κ1) is 10.7. The Morgan fingerprint density at radius 3 is 2.88 bits per heavy atom. The topological polar surface area (TPSA) is 48.4 Å². The number of oxime groups is 1. The summed E-state index contributed by atoms with van der Waals surface area (Å²) in [5, 5.41) is 13.1. The molecule has 0 saturated heterocycles. The van der Waals surface area contributed by atoms with Crippen molar-refractivity contribution >= 4 is 16.6 Å². The standard InChI is InChI=1S/C13H16N2O/c1-9(15-16)7-8-11-10(2)14-13-6-4-3-5-12(11)13/h3-6,14,16H,7-8H2,1-2H3/b15-9+. The number of aromatic amines is 1. The summed E-state index contributed by atoms with van der Waals surface area (Å²) in [5.41, 5.74) is 4.46. The summed E-state index contributed by atoms with van der Waals surface area (Å²) in [4.78, 5) is 3.37. The van der Waals surface area contributed by atoms with Crippen molar-refractivity contribution in [2.24, 2.45) is 5.16 Å². The molecule has 0 aliphatic carbocycles. The number of aryl methyl sites for hydroxylation is 2. The minimum absolute atomic E-state index is 0.768. The Balaban J connectivity index is 2.33. The molecule has 0 bridgehead atoms. The van der Waals surface area contributed by atoms with Crippen molar-refractivity contribution in [2.75, 3.05) is 0 Å². The van der Waals surface area contributed by atoms with Crippen molar-refractivity contribution < 1.29 is 5.21 Å². The van der Waals surface area contributed by atoms with Crippen LogP contribution in [0.15, 0.2) is 29.4 Å². The minimum Gasteiger partial charge on any atom is -0.411 e. The van der Waals surface area contributed by atoms with Crippen LogP contribution in [0.3, 0.4) is 0 Å². The molecule has 0 spiro atoms. The quantitative estimate of drug-likeness (QED) is 0.462. The monoisotopic (exact) mass is 216 g/mol. The Morgan fingerprint density at radius 1 is 1.38 bits per heavy atom. The second-order valence-electron chi connectivity index (χ2n) is 4.11. The maximum absolute atomic E-state index is 8.63. The van der Waals surface area contributed by atoms with E-state index in [-0.39, 0.29) is 0 Å². The van der Waals surface area contributed by atoms with Crippen molar-refractivity contribution in [3.63, 3.8) is 0 Å². The van der Waals surface area contributed by atoms with E-state index in [1.165, 1.54) is 22.2 Å². The Morgan fingerprint density at radius 2 is 2.12 bits per heavy atom. The van der Waals surface area contributed by atoms with E-state index in [0.717, 1.165) is 18.6 Å². The van der Waals surface area contributed by atoms with Crippen LogP contribution in [0.4, 0.5) is 0 Å². The van der Waals surface area contributed by atoms with Crippen LogP contribution in [0.25, 0.3) is 10.9 Å². The number of hydrogen-bond acceptors (Lipinski definition) is 2. The van der Waals surface area contributed by atoms with E-state index >= 15 is 0 Å². The summed E-state index contributed by atoms with van der Waals surface area (Å²) in [6.45, 7) is 3.92. The average Bonchev–Trinajstić information content (AvgIpc) is 2.62. The third kappa shape index (κ3) is 1.94. The lowest BCUT2D eigenvalue weighted by atomic mass is 10.0. The van der Waals surface area contributed by atoms with E-state index < -0.39 is 0 Å². The first-order chi connectivity index (χ1) is 7.72. The molecule has 0 aliphatic rings. The molecule has 3 heteroatoms. The van der Waals surface area contributed by atoms with E-state index in [9.17, 15) is 0 Å². The largest absolute Gasteiger partial charge is 0.411 e. The van der Waals surface area contributed by atoms with E-state index in [0.29, 0.717) is 0 Å². The fraction of sp³-hybridized carbons (Fsp3) is 0.308. The van der Waals surface area contributed by atoms with Gasteiger partial charge in [0.1, 0.15) is 0 Å². The zero-order valence-electron chi connectivity index (χ0n) is 9.62. The first-order valence-electron chi connectivity index (χ1n) is 5.46. The van der Waals surface area contributed by atoms with Gasteiger partial charge in [-0.05, 0) is 38.3 Å². The number of fused-ring (bicyclic) bond motifs is 1. The molecule has 0 aliphatic heterocycles. The van der Waals surface area contributed by atoms with E-state index in [2.05, 4.69) is 29.2 Å². The fourth-order valence-electron chi connectivity index (χ4n) is 2.01. The summed E-state index contributed by atoms with van der Waals surface area (Å²) in [6.07, 6.45) is 1.70. The van der Waals surface area contributed by atoms with Gasteiger partial charge in [-0.15, -0.1) is 0 Å². The number of aromatic nitrogens is 1. The van der Waals surface area contributed by atoms with Gasteiger partial charge in [-0.1, -0.05) is 23.4 Å². The van der Waals surface area contributed by atoms with Crippen molar-refractivity contribution in [1.82, 2.24) is 4.98 Å². The second kappa shape index (κ2) is 4.39. The fourth-order valence-corrected chi connectivity index (χ4v) is 2.01. The van der Waals surface area contributed by atoms with Gasteiger partial charge in [0.25, 0.3) is 0 Å².